The Bertz CT molecular complexity index is 707. The van der Waals surface area contributed by atoms with E-state index in [1.165, 1.54) is 11.9 Å². The van der Waals surface area contributed by atoms with Gasteiger partial charge < -0.3 is 15.5 Å². The molecule has 1 aliphatic rings. The van der Waals surface area contributed by atoms with Crippen molar-refractivity contribution < 1.29 is 8.42 Å². The third kappa shape index (κ3) is 10.5. The Balaban J connectivity index is 0.00000420. The highest BCUT2D eigenvalue weighted by atomic mass is 127. The zero-order valence-electron chi connectivity index (χ0n) is 17.8. The Morgan fingerprint density at radius 3 is 2.41 bits per heavy atom. The molecule has 7 nitrogen and oxygen atoms in total. The molecule has 0 aliphatic carbocycles. The molecule has 0 aromatic heterocycles. The first kappa shape index (κ1) is 26.0. The minimum atomic E-state index is -2.93. The number of benzene rings is 1. The van der Waals surface area contributed by atoms with Crippen molar-refractivity contribution in [3.8, 4) is 0 Å². The lowest BCUT2D eigenvalue weighted by atomic mass is 10.2. The van der Waals surface area contributed by atoms with Gasteiger partial charge in [-0.25, -0.2) is 8.42 Å². The van der Waals surface area contributed by atoms with Crippen LogP contribution in [0.2, 0.25) is 0 Å². The summed E-state index contributed by atoms with van der Waals surface area (Å²) < 4.78 is 22.5. The zero-order chi connectivity index (χ0) is 20.4. The summed E-state index contributed by atoms with van der Waals surface area (Å²) >= 11 is 0. The molecule has 166 valence electrons. The van der Waals surface area contributed by atoms with Crippen molar-refractivity contribution in [2.24, 2.45) is 4.99 Å². The highest BCUT2D eigenvalue weighted by Gasteiger charge is 2.16. The number of sulfone groups is 1. The minimum Gasteiger partial charge on any atom is -0.369 e. The fraction of sp³-hybridized carbons (Fsp3) is 0.650. The van der Waals surface area contributed by atoms with Crippen molar-refractivity contribution in [1.82, 2.24) is 15.5 Å². The summed E-state index contributed by atoms with van der Waals surface area (Å²) in [6.45, 7) is 8.20. The fourth-order valence-corrected chi connectivity index (χ4v) is 4.05. The van der Waals surface area contributed by atoms with Crippen molar-refractivity contribution in [2.45, 2.75) is 25.8 Å². The molecule has 2 N–H and O–H groups in total. The molecule has 1 aromatic carbocycles. The number of aliphatic imine (C=N–C) groups is 1. The summed E-state index contributed by atoms with van der Waals surface area (Å²) in [6.07, 6.45) is 2.89. The van der Waals surface area contributed by atoms with Gasteiger partial charge >= 0.3 is 0 Å². The molecular weight excluding hydrogens is 501 g/mol. The molecule has 1 saturated heterocycles. The smallest absolute Gasteiger partial charge is 0.191 e. The summed E-state index contributed by atoms with van der Waals surface area (Å²) in [5, 5.41) is 6.58. The van der Waals surface area contributed by atoms with Crippen molar-refractivity contribution in [3.63, 3.8) is 0 Å². The number of hydrogen-bond donors (Lipinski definition) is 2. The van der Waals surface area contributed by atoms with Gasteiger partial charge in [0.05, 0.1) is 5.75 Å². The second-order valence-corrected chi connectivity index (χ2v) is 9.74. The van der Waals surface area contributed by atoms with Gasteiger partial charge in [-0.1, -0.05) is 18.2 Å². The Hall–Kier alpha value is -1.07. The van der Waals surface area contributed by atoms with Gasteiger partial charge in [-0.05, 0) is 38.4 Å². The van der Waals surface area contributed by atoms with Crippen molar-refractivity contribution in [3.05, 3.63) is 30.3 Å². The summed E-state index contributed by atoms with van der Waals surface area (Å²) in [6, 6.07) is 10.7. The molecule has 0 spiro atoms. The number of nitrogens with zero attached hydrogens (tertiary/aromatic N) is 3. The standard InChI is InChI=1S/C20H35N5O2S.HI/c1-18(10-17-28(3,26)27)23-20(21-2)22-11-7-12-24-13-15-25(16-14-24)19-8-5-4-6-9-19;/h4-6,8-9,18H,7,10-17H2,1-3H3,(H2,21,22,23);1H. The van der Waals surface area contributed by atoms with Gasteiger partial charge in [-0.3, -0.25) is 9.89 Å². The van der Waals surface area contributed by atoms with Crippen LogP contribution in [0.4, 0.5) is 5.69 Å². The van der Waals surface area contributed by atoms with E-state index in [4.69, 9.17) is 0 Å². The van der Waals surface area contributed by atoms with Crippen LogP contribution in [0.15, 0.2) is 35.3 Å². The Morgan fingerprint density at radius 1 is 1.17 bits per heavy atom. The van der Waals surface area contributed by atoms with Gasteiger partial charge in [0, 0.05) is 57.8 Å². The summed E-state index contributed by atoms with van der Waals surface area (Å²) in [4.78, 5) is 9.17. The lowest BCUT2D eigenvalue weighted by Crippen LogP contribution is -2.47. The number of rotatable bonds is 9. The second kappa shape index (κ2) is 13.3. The lowest BCUT2D eigenvalue weighted by Gasteiger charge is -2.36. The Morgan fingerprint density at radius 2 is 1.83 bits per heavy atom. The predicted octanol–water partition coefficient (Wildman–Crippen LogP) is 1.80. The third-order valence-corrected chi connectivity index (χ3v) is 5.94. The average Bonchev–Trinajstić information content (AvgIpc) is 2.69. The number of piperazine rings is 1. The topological polar surface area (TPSA) is 77.0 Å². The molecule has 0 bridgehead atoms. The molecule has 1 aliphatic heterocycles. The monoisotopic (exact) mass is 537 g/mol. The molecule has 0 radical (unpaired) electrons. The van der Waals surface area contributed by atoms with Gasteiger partial charge in [-0.15, -0.1) is 24.0 Å². The maximum absolute atomic E-state index is 11.3. The quantitative estimate of drug-likeness (QED) is 0.217. The van der Waals surface area contributed by atoms with E-state index >= 15 is 0 Å². The van der Waals surface area contributed by atoms with Gasteiger partial charge in [-0.2, -0.15) is 0 Å². The second-order valence-electron chi connectivity index (χ2n) is 7.48. The van der Waals surface area contributed by atoms with Crippen LogP contribution >= 0.6 is 24.0 Å². The molecule has 1 aromatic rings. The van der Waals surface area contributed by atoms with E-state index in [1.807, 2.05) is 6.92 Å². The van der Waals surface area contributed by atoms with Crippen molar-refractivity contribution in [2.75, 3.05) is 63.2 Å². The molecule has 9 heteroatoms. The number of hydrogen-bond acceptors (Lipinski definition) is 5. The highest BCUT2D eigenvalue weighted by molar-refractivity contribution is 14.0. The first-order valence-corrected chi connectivity index (χ1v) is 12.1. The molecule has 1 heterocycles. The van der Waals surface area contributed by atoms with Crippen LogP contribution in [0.3, 0.4) is 0 Å². The molecule has 29 heavy (non-hydrogen) atoms. The molecule has 2 rings (SSSR count). The van der Waals surface area contributed by atoms with Crippen LogP contribution in [0, 0.1) is 0 Å². The fourth-order valence-electron chi connectivity index (χ4n) is 3.27. The number of guanidine groups is 1. The molecule has 1 unspecified atom stereocenters. The maximum Gasteiger partial charge on any atom is 0.191 e. The number of halogens is 1. The number of nitrogens with one attached hydrogen (secondary N) is 2. The van der Waals surface area contributed by atoms with E-state index in [-0.39, 0.29) is 35.8 Å². The van der Waals surface area contributed by atoms with Gasteiger partial charge in [0.1, 0.15) is 9.84 Å². The van der Waals surface area contributed by atoms with Crippen LogP contribution in [0.25, 0.3) is 0 Å². The van der Waals surface area contributed by atoms with Gasteiger partial charge in [0.25, 0.3) is 0 Å². The maximum atomic E-state index is 11.3. The first-order chi connectivity index (χ1) is 13.4. The van der Waals surface area contributed by atoms with Crippen LogP contribution in [-0.2, 0) is 9.84 Å². The van der Waals surface area contributed by atoms with Crippen molar-refractivity contribution in [1.29, 1.82) is 0 Å². The van der Waals surface area contributed by atoms with E-state index in [9.17, 15) is 8.42 Å². The zero-order valence-corrected chi connectivity index (χ0v) is 20.9. The third-order valence-electron chi connectivity index (χ3n) is 4.97. The van der Waals surface area contributed by atoms with Gasteiger partial charge in [0.15, 0.2) is 5.96 Å². The summed E-state index contributed by atoms with van der Waals surface area (Å²) in [7, 11) is -1.19. The van der Waals surface area contributed by atoms with Gasteiger partial charge in [0.2, 0.25) is 0 Å². The number of para-hydroxylation sites is 1. The minimum absolute atomic E-state index is 0. The molecular formula is C20H36IN5O2S. The average molecular weight is 538 g/mol. The van der Waals surface area contributed by atoms with Crippen LogP contribution in [0.1, 0.15) is 19.8 Å². The molecule has 1 fully saturated rings. The highest BCUT2D eigenvalue weighted by Crippen LogP contribution is 2.15. The van der Waals surface area contributed by atoms with E-state index in [1.54, 1.807) is 7.05 Å². The summed E-state index contributed by atoms with van der Waals surface area (Å²) in [5.41, 5.74) is 1.31. The van der Waals surface area contributed by atoms with Crippen LogP contribution in [-0.4, -0.2) is 83.6 Å². The van der Waals surface area contributed by atoms with Crippen molar-refractivity contribution >= 4 is 45.5 Å². The normalized spacial score (nSPS) is 16.8. The number of anilines is 1. The van der Waals surface area contributed by atoms with E-state index in [0.717, 1.165) is 51.6 Å². The largest absolute Gasteiger partial charge is 0.369 e. The SMILES string of the molecule is CN=C(NCCCN1CCN(c2ccccc2)CC1)NC(C)CCS(C)(=O)=O.I. The van der Waals surface area contributed by atoms with Crippen LogP contribution < -0.4 is 15.5 Å². The Kier molecular flexibility index (Phi) is 11.9. The molecule has 0 amide bonds. The predicted molar refractivity (Wildman–Crippen MR) is 133 cm³/mol. The lowest BCUT2D eigenvalue weighted by molar-refractivity contribution is 0.255. The summed E-state index contributed by atoms with van der Waals surface area (Å²) in [5.74, 6) is 0.919. The Labute approximate surface area is 193 Å². The van der Waals surface area contributed by atoms with Crippen LogP contribution in [0.5, 0.6) is 0 Å². The van der Waals surface area contributed by atoms with E-state index < -0.39 is 9.84 Å². The van der Waals surface area contributed by atoms with E-state index in [2.05, 4.69) is 55.8 Å². The van der Waals surface area contributed by atoms with E-state index in [0.29, 0.717) is 6.42 Å². The molecule has 0 saturated carbocycles. The first-order valence-electron chi connectivity index (χ1n) is 10.0. The molecule has 1 atom stereocenters.